The van der Waals surface area contributed by atoms with Gasteiger partial charge in [-0.25, -0.2) is 9.10 Å². The lowest BCUT2D eigenvalue weighted by Crippen LogP contribution is -2.10. The zero-order chi connectivity index (χ0) is 18.8. The van der Waals surface area contributed by atoms with Crippen molar-refractivity contribution in [3.8, 4) is 17.0 Å². The van der Waals surface area contributed by atoms with E-state index in [-0.39, 0.29) is 21.5 Å². The van der Waals surface area contributed by atoms with E-state index in [1.165, 1.54) is 22.5 Å². The van der Waals surface area contributed by atoms with Gasteiger partial charge in [-0.2, -0.15) is 13.2 Å². The van der Waals surface area contributed by atoms with E-state index in [4.69, 9.17) is 27.9 Å². The summed E-state index contributed by atoms with van der Waals surface area (Å²) in [5.74, 6) is 0.0521. The third-order valence-corrected chi connectivity index (χ3v) is 4.02. The Hall–Kier alpha value is -1.48. The van der Waals surface area contributed by atoms with Crippen molar-refractivity contribution in [1.29, 1.82) is 0 Å². The van der Waals surface area contributed by atoms with Gasteiger partial charge < -0.3 is 4.74 Å². The number of rotatable bonds is 3. The Morgan fingerprint density at radius 2 is 1.88 bits per heavy atom. The Morgan fingerprint density at radius 3 is 2.44 bits per heavy atom. The summed E-state index contributed by atoms with van der Waals surface area (Å²) in [4.78, 5) is 15.5. The standard InChI is InChI=1S/C15H11Cl2F3N2O2S/c1-22(2)25-14(23)24-12-5-8(3-4-10(12)16)13-11(17)6-9(7-21-13)15(18,19)20/h3-7H,1-2H3. The average Bonchev–Trinajstić information content (AvgIpc) is 2.48. The molecule has 2 aromatic rings. The summed E-state index contributed by atoms with van der Waals surface area (Å²) >= 11 is 12.7. The molecule has 0 atom stereocenters. The largest absolute Gasteiger partial charge is 0.417 e. The van der Waals surface area contributed by atoms with Crippen molar-refractivity contribution in [1.82, 2.24) is 9.29 Å². The van der Waals surface area contributed by atoms with E-state index in [9.17, 15) is 18.0 Å². The number of aromatic nitrogens is 1. The number of pyridine rings is 1. The van der Waals surface area contributed by atoms with E-state index in [0.717, 1.165) is 18.0 Å². The van der Waals surface area contributed by atoms with Crippen LogP contribution in [0, 0.1) is 0 Å². The number of hydrogen-bond acceptors (Lipinski definition) is 5. The number of nitrogens with zero attached hydrogens (tertiary/aromatic N) is 2. The van der Waals surface area contributed by atoms with Crippen LogP contribution in [0.2, 0.25) is 10.0 Å². The van der Waals surface area contributed by atoms with Gasteiger partial charge in [-0.15, -0.1) is 0 Å². The lowest BCUT2D eigenvalue weighted by molar-refractivity contribution is -0.137. The molecule has 0 fully saturated rings. The molecular formula is C15H11Cl2F3N2O2S. The highest BCUT2D eigenvalue weighted by atomic mass is 35.5. The second-order valence-electron chi connectivity index (χ2n) is 4.95. The van der Waals surface area contributed by atoms with Gasteiger partial charge >= 0.3 is 11.5 Å². The molecule has 0 saturated heterocycles. The lowest BCUT2D eigenvalue weighted by Gasteiger charge is -2.12. The topological polar surface area (TPSA) is 42.4 Å². The highest BCUT2D eigenvalue weighted by Crippen LogP contribution is 2.36. The van der Waals surface area contributed by atoms with Gasteiger partial charge in [0.1, 0.15) is 0 Å². The number of halogens is 5. The van der Waals surface area contributed by atoms with Gasteiger partial charge in [0.2, 0.25) is 0 Å². The van der Waals surface area contributed by atoms with Crippen molar-refractivity contribution < 1.29 is 22.7 Å². The van der Waals surface area contributed by atoms with E-state index in [2.05, 4.69) is 4.98 Å². The summed E-state index contributed by atoms with van der Waals surface area (Å²) in [6.45, 7) is 0. The second-order valence-corrected chi connectivity index (χ2v) is 7.01. The third-order valence-electron chi connectivity index (χ3n) is 2.82. The van der Waals surface area contributed by atoms with Gasteiger partial charge in [-0.3, -0.25) is 4.98 Å². The second kappa shape index (κ2) is 7.82. The first kappa shape index (κ1) is 19.8. The van der Waals surface area contributed by atoms with Gasteiger partial charge in [-0.1, -0.05) is 29.3 Å². The van der Waals surface area contributed by atoms with Gasteiger partial charge in [-0.05, 0) is 32.3 Å². The van der Waals surface area contributed by atoms with Crippen LogP contribution >= 0.6 is 35.1 Å². The maximum absolute atomic E-state index is 12.7. The normalized spacial score (nSPS) is 11.7. The van der Waals surface area contributed by atoms with Crippen LogP contribution < -0.4 is 4.74 Å². The molecule has 0 radical (unpaired) electrons. The Balaban J connectivity index is 2.35. The maximum atomic E-state index is 12.7. The molecule has 0 spiro atoms. The number of hydrogen-bond donors (Lipinski definition) is 0. The Bertz CT molecular complexity index is 801. The SMILES string of the molecule is CN(C)SC(=O)Oc1cc(-c2ncc(C(F)(F)F)cc2Cl)ccc1Cl. The molecule has 0 N–H and O–H groups in total. The number of alkyl halides is 3. The van der Waals surface area contributed by atoms with Crippen molar-refractivity contribution >= 4 is 40.5 Å². The molecule has 0 aliphatic heterocycles. The van der Waals surface area contributed by atoms with E-state index >= 15 is 0 Å². The van der Waals surface area contributed by atoms with Crippen molar-refractivity contribution in [3.05, 3.63) is 46.1 Å². The lowest BCUT2D eigenvalue weighted by atomic mass is 10.1. The minimum Gasteiger partial charge on any atom is -0.416 e. The highest BCUT2D eigenvalue weighted by molar-refractivity contribution is 8.11. The van der Waals surface area contributed by atoms with Crippen molar-refractivity contribution in [2.24, 2.45) is 0 Å². The summed E-state index contributed by atoms with van der Waals surface area (Å²) in [5.41, 5.74) is -0.478. The van der Waals surface area contributed by atoms with Crippen molar-refractivity contribution in [2.45, 2.75) is 6.18 Å². The first-order chi connectivity index (χ1) is 11.6. The molecule has 0 bridgehead atoms. The van der Waals surface area contributed by atoms with Crippen LogP contribution in [0.4, 0.5) is 18.0 Å². The van der Waals surface area contributed by atoms with Crippen LogP contribution in [0.5, 0.6) is 5.75 Å². The summed E-state index contributed by atoms with van der Waals surface area (Å²) in [6, 6.07) is 5.12. The van der Waals surface area contributed by atoms with E-state index < -0.39 is 17.0 Å². The fourth-order valence-electron chi connectivity index (χ4n) is 1.79. The quantitative estimate of drug-likeness (QED) is 0.473. The predicted octanol–water partition coefficient (Wildman–Crippen LogP) is 5.78. The van der Waals surface area contributed by atoms with Crippen LogP contribution in [-0.2, 0) is 6.18 Å². The maximum Gasteiger partial charge on any atom is 0.417 e. The fraction of sp³-hybridized carbons (Fsp3) is 0.200. The molecule has 4 nitrogen and oxygen atoms in total. The van der Waals surface area contributed by atoms with Gasteiger partial charge in [0.25, 0.3) is 0 Å². The number of carbonyl (C=O) groups excluding carboxylic acids is 1. The molecule has 1 aromatic carbocycles. The predicted molar refractivity (Wildman–Crippen MR) is 92.0 cm³/mol. The number of benzene rings is 1. The Kier molecular flexibility index (Phi) is 6.21. The molecule has 0 unspecified atom stereocenters. The summed E-state index contributed by atoms with van der Waals surface area (Å²) in [6.07, 6.45) is -3.86. The molecule has 10 heteroatoms. The fourth-order valence-corrected chi connectivity index (χ4v) is 2.65. The molecule has 1 aromatic heterocycles. The van der Waals surface area contributed by atoms with Gasteiger partial charge in [0.05, 0.1) is 21.3 Å². The molecule has 0 saturated carbocycles. The summed E-state index contributed by atoms with van der Waals surface area (Å²) < 4.78 is 44.7. The first-order valence-electron chi connectivity index (χ1n) is 6.67. The number of carbonyl (C=O) groups is 1. The average molecular weight is 411 g/mol. The Morgan fingerprint density at radius 1 is 1.20 bits per heavy atom. The van der Waals surface area contributed by atoms with E-state index in [1.807, 2.05) is 0 Å². The highest BCUT2D eigenvalue weighted by Gasteiger charge is 2.31. The molecule has 25 heavy (non-hydrogen) atoms. The molecule has 134 valence electrons. The summed E-state index contributed by atoms with van der Waals surface area (Å²) in [5, 5.41) is -0.632. The smallest absolute Gasteiger partial charge is 0.416 e. The Labute approximate surface area is 156 Å². The van der Waals surface area contributed by atoms with Crippen molar-refractivity contribution in [3.63, 3.8) is 0 Å². The third kappa shape index (κ3) is 5.24. The van der Waals surface area contributed by atoms with Crippen LogP contribution in [0.15, 0.2) is 30.5 Å². The van der Waals surface area contributed by atoms with Crippen LogP contribution in [0.3, 0.4) is 0 Å². The molecule has 0 aliphatic rings. The molecule has 0 amide bonds. The zero-order valence-corrected chi connectivity index (χ0v) is 15.2. The minimum atomic E-state index is -4.54. The molecule has 1 heterocycles. The molecule has 0 aliphatic carbocycles. The molecular weight excluding hydrogens is 400 g/mol. The molecule has 2 rings (SSSR count). The van der Waals surface area contributed by atoms with E-state index in [1.54, 1.807) is 14.1 Å². The van der Waals surface area contributed by atoms with E-state index in [0.29, 0.717) is 11.8 Å². The van der Waals surface area contributed by atoms with Crippen molar-refractivity contribution in [2.75, 3.05) is 14.1 Å². The monoisotopic (exact) mass is 410 g/mol. The van der Waals surface area contributed by atoms with Gasteiger partial charge in [0.15, 0.2) is 5.75 Å². The van der Waals surface area contributed by atoms with Crippen LogP contribution in [-0.4, -0.2) is 28.7 Å². The zero-order valence-electron chi connectivity index (χ0n) is 12.9. The first-order valence-corrected chi connectivity index (χ1v) is 8.20. The van der Waals surface area contributed by atoms with Crippen LogP contribution in [0.25, 0.3) is 11.3 Å². The van der Waals surface area contributed by atoms with Gasteiger partial charge in [0, 0.05) is 23.7 Å². The minimum absolute atomic E-state index is 0.0521. The van der Waals surface area contributed by atoms with Crippen LogP contribution in [0.1, 0.15) is 5.56 Å². The summed E-state index contributed by atoms with van der Waals surface area (Å²) in [7, 11) is 3.33. The number of ether oxygens (including phenoxy) is 1.